The minimum atomic E-state index is 0.675. The van der Waals surface area contributed by atoms with E-state index in [4.69, 9.17) is 4.74 Å². The molecule has 0 atom stereocenters. The van der Waals surface area contributed by atoms with Gasteiger partial charge in [-0.15, -0.1) is 0 Å². The van der Waals surface area contributed by atoms with Crippen molar-refractivity contribution in [2.75, 3.05) is 6.61 Å². The zero-order valence-electron chi connectivity index (χ0n) is 11.7. The van der Waals surface area contributed by atoms with Gasteiger partial charge in [-0.05, 0) is 48.9 Å². The summed E-state index contributed by atoms with van der Waals surface area (Å²) in [5, 5.41) is 4.43. The lowest BCUT2D eigenvalue weighted by Crippen LogP contribution is -1.95. The Morgan fingerprint density at radius 2 is 1.71 bits per heavy atom. The lowest BCUT2D eigenvalue weighted by atomic mass is 10.1. The average molecular weight is 343 g/mol. The van der Waals surface area contributed by atoms with Crippen LogP contribution in [0.15, 0.2) is 65.4 Å². The highest BCUT2D eigenvalue weighted by atomic mass is 79.9. The van der Waals surface area contributed by atoms with E-state index in [0.29, 0.717) is 6.61 Å². The largest absolute Gasteiger partial charge is 0.494 e. The van der Waals surface area contributed by atoms with Gasteiger partial charge >= 0.3 is 0 Å². The number of nitrogens with zero attached hydrogens (tertiary/aromatic N) is 2. The summed E-state index contributed by atoms with van der Waals surface area (Å²) < 4.78 is 8.39. The maximum Gasteiger partial charge on any atom is 0.119 e. The number of aromatic nitrogens is 2. The van der Waals surface area contributed by atoms with E-state index < -0.39 is 0 Å². The average Bonchev–Trinajstić information content (AvgIpc) is 2.99. The predicted octanol–water partition coefficient (Wildman–Crippen LogP) is 4.70. The van der Waals surface area contributed by atoms with E-state index in [2.05, 4.69) is 33.2 Å². The summed E-state index contributed by atoms with van der Waals surface area (Å²) in [6, 6.07) is 16.1. The van der Waals surface area contributed by atoms with Crippen molar-refractivity contribution in [3.63, 3.8) is 0 Å². The Morgan fingerprint density at radius 3 is 2.38 bits per heavy atom. The third-order valence-corrected chi connectivity index (χ3v) is 3.70. The van der Waals surface area contributed by atoms with Gasteiger partial charge in [0.25, 0.3) is 0 Å². The molecule has 21 heavy (non-hydrogen) atoms. The first-order valence-electron chi connectivity index (χ1n) is 6.80. The smallest absolute Gasteiger partial charge is 0.119 e. The summed E-state index contributed by atoms with van der Waals surface area (Å²) in [6.07, 6.45) is 3.90. The zero-order chi connectivity index (χ0) is 14.7. The van der Waals surface area contributed by atoms with Crippen molar-refractivity contribution in [2.45, 2.75) is 6.92 Å². The highest BCUT2D eigenvalue weighted by Gasteiger charge is 2.04. The fourth-order valence-electron chi connectivity index (χ4n) is 2.12. The van der Waals surface area contributed by atoms with Crippen LogP contribution >= 0.6 is 15.9 Å². The molecule has 0 amide bonds. The predicted molar refractivity (Wildman–Crippen MR) is 87.9 cm³/mol. The molecule has 3 rings (SSSR count). The molecule has 2 aromatic carbocycles. The van der Waals surface area contributed by atoms with E-state index in [1.54, 1.807) is 0 Å². The fraction of sp³-hybridized carbons (Fsp3) is 0.118. The summed E-state index contributed by atoms with van der Waals surface area (Å²) in [4.78, 5) is 0. The number of ether oxygens (including phenoxy) is 1. The molecule has 3 aromatic rings. The highest BCUT2D eigenvalue weighted by molar-refractivity contribution is 9.10. The lowest BCUT2D eigenvalue weighted by Gasteiger charge is -2.04. The molecule has 0 unspecified atom stereocenters. The molecule has 0 saturated carbocycles. The van der Waals surface area contributed by atoms with E-state index in [9.17, 15) is 0 Å². The number of rotatable bonds is 4. The van der Waals surface area contributed by atoms with Crippen LogP contribution in [0.3, 0.4) is 0 Å². The third kappa shape index (κ3) is 3.16. The van der Waals surface area contributed by atoms with Crippen molar-refractivity contribution in [3.8, 4) is 22.6 Å². The normalized spacial score (nSPS) is 10.6. The van der Waals surface area contributed by atoms with Crippen LogP contribution in [0.4, 0.5) is 0 Å². The molecule has 0 aliphatic rings. The minimum absolute atomic E-state index is 0.675. The molecule has 0 spiro atoms. The van der Waals surface area contributed by atoms with Gasteiger partial charge < -0.3 is 4.74 Å². The Kier molecular flexibility index (Phi) is 4.06. The van der Waals surface area contributed by atoms with E-state index >= 15 is 0 Å². The molecular weight excluding hydrogens is 328 g/mol. The second kappa shape index (κ2) is 6.14. The molecule has 106 valence electrons. The maximum absolute atomic E-state index is 5.45. The van der Waals surface area contributed by atoms with E-state index in [0.717, 1.165) is 27.0 Å². The van der Waals surface area contributed by atoms with Gasteiger partial charge in [0.1, 0.15) is 5.75 Å². The van der Waals surface area contributed by atoms with Crippen LogP contribution in [-0.2, 0) is 0 Å². The van der Waals surface area contributed by atoms with Crippen LogP contribution in [0.25, 0.3) is 16.8 Å². The number of hydrogen-bond acceptors (Lipinski definition) is 2. The number of benzene rings is 2. The molecule has 0 saturated heterocycles. The van der Waals surface area contributed by atoms with Crippen LogP contribution in [0.2, 0.25) is 0 Å². The Hall–Kier alpha value is -2.07. The summed E-state index contributed by atoms with van der Waals surface area (Å²) in [6.45, 7) is 2.65. The Labute approximate surface area is 132 Å². The first kappa shape index (κ1) is 13.9. The van der Waals surface area contributed by atoms with Gasteiger partial charge in [-0.1, -0.05) is 28.1 Å². The molecule has 3 nitrogen and oxygen atoms in total. The van der Waals surface area contributed by atoms with Crippen LogP contribution < -0.4 is 4.74 Å². The van der Waals surface area contributed by atoms with Gasteiger partial charge in [-0.25, -0.2) is 4.68 Å². The van der Waals surface area contributed by atoms with Crippen molar-refractivity contribution >= 4 is 15.9 Å². The van der Waals surface area contributed by atoms with E-state index in [1.807, 2.05) is 60.4 Å². The summed E-state index contributed by atoms with van der Waals surface area (Å²) in [5.41, 5.74) is 3.26. The van der Waals surface area contributed by atoms with Gasteiger partial charge in [0.05, 0.1) is 18.5 Å². The molecule has 0 fully saturated rings. The number of hydrogen-bond donors (Lipinski definition) is 0. The SMILES string of the molecule is CCOc1ccc(-n2cc(-c3ccc(Br)cc3)cn2)cc1. The maximum atomic E-state index is 5.45. The summed E-state index contributed by atoms with van der Waals surface area (Å²) in [5.74, 6) is 0.876. The van der Waals surface area contributed by atoms with Crippen LogP contribution in [0.1, 0.15) is 6.92 Å². The van der Waals surface area contributed by atoms with Crippen molar-refractivity contribution in [1.29, 1.82) is 0 Å². The van der Waals surface area contributed by atoms with Crippen molar-refractivity contribution in [3.05, 3.63) is 65.4 Å². The van der Waals surface area contributed by atoms with Gasteiger partial charge in [0.2, 0.25) is 0 Å². The van der Waals surface area contributed by atoms with Crippen molar-refractivity contribution in [2.24, 2.45) is 0 Å². The summed E-state index contributed by atoms with van der Waals surface area (Å²) in [7, 11) is 0. The van der Waals surface area contributed by atoms with E-state index in [1.165, 1.54) is 0 Å². The quantitative estimate of drug-likeness (QED) is 0.687. The Morgan fingerprint density at radius 1 is 1.00 bits per heavy atom. The molecule has 0 aliphatic carbocycles. The molecule has 0 bridgehead atoms. The molecule has 0 N–H and O–H groups in total. The second-order valence-electron chi connectivity index (χ2n) is 4.61. The Bertz CT molecular complexity index is 717. The lowest BCUT2D eigenvalue weighted by molar-refractivity contribution is 0.340. The summed E-state index contributed by atoms with van der Waals surface area (Å²) >= 11 is 3.45. The fourth-order valence-corrected chi connectivity index (χ4v) is 2.38. The Balaban J connectivity index is 1.85. The van der Waals surface area contributed by atoms with Gasteiger partial charge in [0.15, 0.2) is 0 Å². The van der Waals surface area contributed by atoms with Crippen molar-refractivity contribution < 1.29 is 4.74 Å². The van der Waals surface area contributed by atoms with Gasteiger partial charge in [-0.3, -0.25) is 0 Å². The topological polar surface area (TPSA) is 27.1 Å². The molecular formula is C17H15BrN2O. The zero-order valence-corrected chi connectivity index (χ0v) is 13.2. The van der Waals surface area contributed by atoms with Crippen LogP contribution in [0.5, 0.6) is 5.75 Å². The first-order chi connectivity index (χ1) is 10.3. The van der Waals surface area contributed by atoms with Crippen molar-refractivity contribution in [1.82, 2.24) is 9.78 Å². The molecule has 1 heterocycles. The van der Waals surface area contributed by atoms with Gasteiger partial charge in [0, 0.05) is 16.2 Å². The van der Waals surface area contributed by atoms with E-state index in [-0.39, 0.29) is 0 Å². The van der Waals surface area contributed by atoms with Gasteiger partial charge in [-0.2, -0.15) is 5.10 Å². The second-order valence-corrected chi connectivity index (χ2v) is 5.52. The molecule has 0 aliphatic heterocycles. The third-order valence-electron chi connectivity index (χ3n) is 3.17. The minimum Gasteiger partial charge on any atom is -0.494 e. The standard InChI is InChI=1S/C17H15BrN2O/c1-2-21-17-9-7-16(8-10-17)20-12-14(11-19-20)13-3-5-15(18)6-4-13/h3-12H,2H2,1H3. The first-order valence-corrected chi connectivity index (χ1v) is 7.59. The number of halogens is 1. The highest BCUT2D eigenvalue weighted by Crippen LogP contribution is 2.23. The molecule has 0 radical (unpaired) electrons. The molecule has 4 heteroatoms. The monoisotopic (exact) mass is 342 g/mol. The molecule has 1 aromatic heterocycles. The van der Waals surface area contributed by atoms with Crippen LogP contribution in [0, 0.1) is 0 Å². The van der Waals surface area contributed by atoms with Crippen LogP contribution in [-0.4, -0.2) is 16.4 Å².